The predicted octanol–water partition coefficient (Wildman–Crippen LogP) is 3.21. The van der Waals surface area contributed by atoms with E-state index in [2.05, 4.69) is 0 Å². The average Bonchev–Trinajstić information content (AvgIpc) is 2.16. The molecular weight excluding hydrogens is 196 g/mol. The second-order valence-corrected chi connectivity index (χ2v) is 3.25. The molecule has 0 fully saturated rings. The van der Waals surface area contributed by atoms with Gasteiger partial charge in [0.1, 0.15) is 11.6 Å². The Balaban J connectivity index is 2.59. The Morgan fingerprint density at radius 2 is 1.47 bits per heavy atom. The maximum absolute atomic E-state index is 13.0. The molecule has 0 saturated carbocycles. The molecule has 2 aromatic carbocycles. The summed E-state index contributed by atoms with van der Waals surface area (Å²) in [4.78, 5) is 0. The van der Waals surface area contributed by atoms with Crippen LogP contribution in [0.2, 0.25) is 0 Å². The standard InChI is InChI=1S/C12H9F2N/c13-9-5-8(6-10(14)7-9)11-3-1-2-4-12(11)15/h1-7H,15H2. The molecule has 1 nitrogen and oxygen atoms in total. The third kappa shape index (κ3) is 1.96. The summed E-state index contributed by atoms with van der Waals surface area (Å²) in [6.07, 6.45) is 0. The van der Waals surface area contributed by atoms with Crippen LogP contribution < -0.4 is 5.73 Å². The molecule has 3 heteroatoms. The van der Waals surface area contributed by atoms with E-state index in [0.29, 0.717) is 16.8 Å². The minimum absolute atomic E-state index is 0.450. The van der Waals surface area contributed by atoms with Crippen molar-refractivity contribution in [3.63, 3.8) is 0 Å². The van der Waals surface area contributed by atoms with E-state index in [1.54, 1.807) is 24.3 Å². The van der Waals surface area contributed by atoms with E-state index in [-0.39, 0.29) is 0 Å². The summed E-state index contributed by atoms with van der Waals surface area (Å²) in [5.74, 6) is -1.21. The SMILES string of the molecule is Nc1ccccc1-c1cc(F)cc(F)c1. The summed E-state index contributed by atoms with van der Waals surface area (Å²) in [5, 5.41) is 0. The molecule has 0 spiro atoms. The van der Waals surface area contributed by atoms with Crippen molar-refractivity contribution in [1.82, 2.24) is 0 Å². The van der Waals surface area contributed by atoms with Crippen LogP contribution in [-0.2, 0) is 0 Å². The first-order valence-electron chi connectivity index (χ1n) is 4.48. The van der Waals surface area contributed by atoms with Crippen molar-refractivity contribution in [2.24, 2.45) is 0 Å². The number of rotatable bonds is 1. The highest BCUT2D eigenvalue weighted by Crippen LogP contribution is 2.26. The van der Waals surface area contributed by atoms with Crippen molar-refractivity contribution in [1.29, 1.82) is 0 Å². The predicted molar refractivity (Wildman–Crippen MR) is 56.2 cm³/mol. The van der Waals surface area contributed by atoms with Crippen LogP contribution in [0.5, 0.6) is 0 Å². The highest BCUT2D eigenvalue weighted by molar-refractivity contribution is 5.76. The lowest BCUT2D eigenvalue weighted by Gasteiger charge is -2.05. The molecule has 0 aliphatic carbocycles. The molecule has 0 saturated heterocycles. The van der Waals surface area contributed by atoms with Crippen LogP contribution >= 0.6 is 0 Å². The molecule has 0 unspecified atom stereocenters. The number of hydrogen-bond acceptors (Lipinski definition) is 1. The number of para-hydroxylation sites is 1. The van der Waals surface area contributed by atoms with Gasteiger partial charge in [0.05, 0.1) is 0 Å². The Hall–Kier alpha value is -1.90. The van der Waals surface area contributed by atoms with Crippen LogP contribution in [0.15, 0.2) is 42.5 Å². The molecule has 2 N–H and O–H groups in total. The first-order chi connectivity index (χ1) is 7.16. The Labute approximate surface area is 86.2 Å². The third-order valence-corrected chi connectivity index (χ3v) is 2.13. The highest BCUT2D eigenvalue weighted by Gasteiger charge is 2.05. The number of nitrogen functional groups attached to an aromatic ring is 1. The lowest BCUT2D eigenvalue weighted by molar-refractivity contribution is 0.584. The maximum atomic E-state index is 13.0. The Morgan fingerprint density at radius 1 is 0.867 bits per heavy atom. The highest BCUT2D eigenvalue weighted by atomic mass is 19.1. The van der Waals surface area contributed by atoms with Crippen molar-refractivity contribution in [2.45, 2.75) is 0 Å². The maximum Gasteiger partial charge on any atom is 0.126 e. The van der Waals surface area contributed by atoms with Crippen LogP contribution in [0.3, 0.4) is 0 Å². The Morgan fingerprint density at radius 3 is 2.07 bits per heavy atom. The molecule has 0 aromatic heterocycles. The number of hydrogen-bond donors (Lipinski definition) is 1. The first kappa shape index (κ1) is 9.65. The van der Waals surface area contributed by atoms with E-state index < -0.39 is 11.6 Å². The molecule has 0 bridgehead atoms. The van der Waals surface area contributed by atoms with Gasteiger partial charge in [0.25, 0.3) is 0 Å². The second-order valence-electron chi connectivity index (χ2n) is 3.25. The summed E-state index contributed by atoms with van der Waals surface area (Å²) in [6, 6.07) is 10.3. The molecule has 2 aromatic rings. The van der Waals surface area contributed by atoms with E-state index in [0.717, 1.165) is 6.07 Å². The molecule has 0 heterocycles. The zero-order valence-corrected chi connectivity index (χ0v) is 7.87. The van der Waals surface area contributed by atoms with Gasteiger partial charge in [-0.3, -0.25) is 0 Å². The van der Waals surface area contributed by atoms with E-state index in [1.165, 1.54) is 12.1 Å². The largest absolute Gasteiger partial charge is 0.398 e. The quantitative estimate of drug-likeness (QED) is 0.711. The van der Waals surface area contributed by atoms with Gasteiger partial charge < -0.3 is 5.73 Å². The van der Waals surface area contributed by atoms with Crippen molar-refractivity contribution in [2.75, 3.05) is 5.73 Å². The summed E-state index contributed by atoms with van der Waals surface area (Å²) >= 11 is 0. The van der Waals surface area contributed by atoms with Crippen molar-refractivity contribution < 1.29 is 8.78 Å². The monoisotopic (exact) mass is 205 g/mol. The summed E-state index contributed by atoms with van der Waals surface area (Å²) in [5.41, 5.74) is 7.29. The van der Waals surface area contributed by atoms with E-state index in [9.17, 15) is 8.78 Å². The fraction of sp³-hybridized carbons (Fsp3) is 0. The van der Waals surface area contributed by atoms with E-state index in [4.69, 9.17) is 5.73 Å². The molecule has 0 atom stereocenters. The van der Waals surface area contributed by atoms with Gasteiger partial charge in [0.15, 0.2) is 0 Å². The van der Waals surface area contributed by atoms with Gasteiger partial charge in [-0.05, 0) is 23.8 Å². The van der Waals surface area contributed by atoms with Crippen molar-refractivity contribution >= 4 is 5.69 Å². The fourth-order valence-electron chi connectivity index (χ4n) is 1.47. The van der Waals surface area contributed by atoms with Gasteiger partial charge >= 0.3 is 0 Å². The topological polar surface area (TPSA) is 26.0 Å². The van der Waals surface area contributed by atoms with Crippen LogP contribution in [0, 0.1) is 11.6 Å². The Bertz CT molecular complexity index is 474. The van der Waals surface area contributed by atoms with Crippen molar-refractivity contribution in [3.05, 3.63) is 54.1 Å². The molecule has 2 rings (SSSR count). The van der Waals surface area contributed by atoms with Crippen LogP contribution in [0.4, 0.5) is 14.5 Å². The Kier molecular flexibility index (Phi) is 2.37. The summed E-state index contributed by atoms with van der Waals surface area (Å²) in [7, 11) is 0. The van der Waals surface area contributed by atoms with Crippen LogP contribution in [-0.4, -0.2) is 0 Å². The van der Waals surface area contributed by atoms with Gasteiger partial charge in [0, 0.05) is 17.3 Å². The zero-order chi connectivity index (χ0) is 10.8. The van der Waals surface area contributed by atoms with E-state index in [1.807, 2.05) is 0 Å². The number of anilines is 1. The van der Waals surface area contributed by atoms with Gasteiger partial charge in [-0.15, -0.1) is 0 Å². The summed E-state index contributed by atoms with van der Waals surface area (Å²) in [6.45, 7) is 0. The molecule has 0 amide bonds. The van der Waals surface area contributed by atoms with Crippen LogP contribution in [0.1, 0.15) is 0 Å². The molecule has 0 aliphatic rings. The van der Waals surface area contributed by atoms with Crippen molar-refractivity contribution in [3.8, 4) is 11.1 Å². The lowest BCUT2D eigenvalue weighted by atomic mass is 10.0. The van der Waals surface area contributed by atoms with Gasteiger partial charge in [-0.1, -0.05) is 18.2 Å². The van der Waals surface area contributed by atoms with Gasteiger partial charge in [-0.25, -0.2) is 8.78 Å². The number of benzene rings is 2. The third-order valence-electron chi connectivity index (χ3n) is 2.13. The average molecular weight is 205 g/mol. The van der Waals surface area contributed by atoms with Gasteiger partial charge in [-0.2, -0.15) is 0 Å². The molecular formula is C12H9F2N. The normalized spacial score (nSPS) is 10.3. The first-order valence-corrected chi connectivity index (χ1v) is 4.48. The second kappa shape index (κ2) is 3.69. The number of nitrogens with two attached hydrogens (primary N) is 1. The minimum atomic E-state index is -0.603. The fourth-order valence-corrected chi connectivity index (χ4v) is 1.47. The lowest BCUT2D eigenvalue weighted by Crippen LogP contribution is -1.90. The number of halogens is 2. The molecule has 76 valence electrons. The van der Waals surface area contributed by atoms with E-state index >= 15 is 0 Å². The molecule has 15 heavy (non-hydrogen) atoms. The van der Waals surface area contributed by atoms with Gasteiger partial charge in [0.2, 0.25) is 0 Å². The minimum Gasteiger partial charge on any atom is -0.398 e. The van der Waals surface area contributed by atoms with Crippen LogP contribution in [0.25, 0.3) is 11.1 Å². The zero-order valence-electron chi connectivity index (χ0n) is 7.87. The summed E-state index contributed by atoms with van der Waals surface area (Å²) < 4.78 is 25.9. The smallest absolute Gasteiger partial charge is 0.126 e. The molecule has 0 aliphatic heterocycles. The molecule has 0 radical (unpaired) electrons.